The lowest BCUT2D eigenvalue weighted by Crippen LogP contribution is -2.43. The summed E-state index contributed by atoms with van der Waals surface area (Å²) in [7, 11) is 3.67. The van der Waals surface area contributed by atoms with Crippen molar-refractivity contribution >= 4 is 0 Å². The maximum atomic E-state index is 9.28. The summed E-state index contributed by atoms with van der Waals surface area (Å²) >= 11 is 0. The van der Waals surface area contributed by atoms with E-state index in [1.54, 1.807) is 7.11 Å². The summed E-state index contributed by atoms with van der Waals surface area (Å²) in [5, 5.41) is 12.4. The number of aliphatic hydroxyl groups is 1. The minimum Gasteiger partial charge on any atom is -0.394 e. The van der Waals surface area contributed by atoms with Crippen LogP contribution in [-0.4, -0.2) is 50.2 Å². The molecule has 4 nitrogen and oxygen atoms in total. The highest BCUT2D eigenvalue weighted by atomic mass is 16.5. The Bertz CT molecular complexity index is 219. The van der Waals surface area contributed by atoms with E-state index < -0.39 is 0 Å². The molecule has 0 aromatic heterocycles. The number of rotatable bonds is 8. The second-order valence-electron chi connectivity index (χ2n) is 5.59. The zero-order valence-corrected chi connectivity index (χ0v) is 12.1. The van der Waals surface area contributed by atoms with Gasteiger partial charge in [-0.15, -0.1) is 0 Å². The molecule has 0 heterocycles. The Balaban J connectivity index is 2.14. The fraction of sp³-hybridized carbons (Fsp3) is 1.00. The molecule has 1 aliphatic carbocycles. The molecule has 4 heteroatoms. The number of methoxy groups -OCH3 is 1. The summed E-state index contributed by atoms with van der Waals surface area (Å²) in [5.41, 5.74) is -0.176. The van der Waals surface area contributed by atoms with Gasteiger partial charge in [0.25, 0.3) is 0 Å². The average molecular weight is 259 g/mol. The summed E-state index contributed by atoms with van der Waals surface area (Å²) in [6.45, 7) is 2.98. The van der Waals surface area contributed by atoms with E-state index in [2.05, 4.69) is 5.32 Å². The molecule has 1 fully saturated rings. The van der Waals surface area contributed by atoms with Crippen LogP contribution >= 0.6 is 0 Å². The number of hydrogen-bond acceptors (Lipinski definition) is 4. The van der Waals surface area contributed by atoms with Crippen molar-refractivity contribution in [3.63, 3.8) is 0 Å². The normalized spacial score (nSPS) is 28.0. The van der Waals surface area contributed by atoms with Crippen LogP contribution in [-0.2, 0) is 9.47 Å². The lowest BCUT2D eigenvalue weighted by atomic mass is 9.94. The Morgan fingerprint density at radius 2 is 2.06 bits per heavy atom. The lowest BCUT2D eigenvalue weighted by molar-refractivity contribution is -0.0317. The first-order valence-electron chi connectivity index (χ1n) is 7.07. The van der Waals surface area contributed by atoms with E-state index in [1.807, 2.05) is 14.0 Å². The Labute approximate surface area is 111 Å². The van der Waals surface area contributed by atoms with Crippen LogP contribution in [0.5, 0.6) is 0 Å². The summed E-state index contributed by atoms with van der Waals surface area (Å²) in [6.07, 6.45) is 7.20. The van der Waals surface area contributed by atoms with Crippen LogP contribution in [0.2, 0.25) is 0 Å². The molecule has 0 aromatic carbocycles. The second-order valence-corrected chi connectivity index (χ2v) is 5.59. The molecule has 1 saturated carbocycles. The van der Waals surface area contributed by atoms with Crippen molar-refractivity contribution in [3.8, 4) is 0 Å². The Morgan fingerprint density at radius 1 is 1.33 bits per heavy atom. The van der Waals surface area contributed by atoms with Gasteiger partial charge >= 0.3 is 0 Å². The van der Waals surface area contributed by atoms with Crippen molar-refractivity contribution in [1.29, 1.82) is 0 Å². The summed E-state index contributed by atoms with van der Waals surface area (Å²) < 4.78 is 11.3. The van der Waals surface area contributed by atoms with E-state index in [9.17, 15) is 5.11 Å². The average Bonchev–Trinajstić information content (AvgIpc) is 2.43. The molecule has 1 rings (SSSR count). The first kappa shape index (κ1) is 15.9. The van der Waals surface area contributed by atoms with Crippen LogP contribution in [0.4, 0.5) is 0 Å². The van der Waals surface area contributed by atoms with Gasteiger partial charge in [-0.2, -0.15) is 0 Å². The lowest BCUT2D eigenvalue weighted by Gasteiger charge is -2.29. The minimum absolute atomic E-state index is 0.165. The molecular formula is C14H29NO3. The fourth-order valence-corrected chi connectivity index (χ4v) is 2.46. The van der Waals surface area contributed by atoms with Crippen LogP contribution in [0.15, 0.2) is 0 Å². The molecule has 0 spiro atoms. The molecule has 0 amide bonds. The number of ether oxygens (including phenoxy) is 2. The van der Waals surface area contributed by atoms with Gasteiger partial charge < -0.3 is 19.9 Å². The first-order chi connectivity index (χ1) is 8.63. The van der Waals surface area contributed by atoms with Crippen LogP contribution in [0, 0.1) is 0 Å². The van der Waals surface area contributed by atoms with E-state index in [4.69, 9.17) is 9.47 Å². The van der Waals surface area contributed by atoms with Gasteiger partial charge in [-0.05, 0) is 52.5 Å². The fourth-order valence-electron chi connectivity index (χ4n) is 2.46. The zero-order chi connectivity index (χ0) is 13.4. The third-order valence-corrected chi connectivity index (χ3v) is 4.09. The van der Waals surface area contributed by atoms with Crippen molar-refractivity contribution in [2.75, 3.05) is 27.4 Å². The molecular weight excluding hydrogens is 230 g/mol. The van der Waals surface area contributed by atoms with Crippen LogP contribution in [0.25, 0.3) is 0 Å². The molecule has 0 saturated heterocycles. The summed E-state index contributed by atoms with van der Waals surface area (Å²) in [4.78, 5) is 0. The van der Waals surface area contributed by atoms with Gasteiger partial charge in [0.15, 0.2) is 0 Å². The highest BCUT2D eigenvalue weighted by Gasteiger charge is 2.23. The van der Waals surface area contributed by atoms with Crippen molar-refractivity contribution in [2.24, 2.45) is 0 Å². The van der Waals surface area contributed by atoms with E-state index in [1.165, 1.54) is 12.8 Å². The molecule has 1 aliphatic rings. The van der Waals surface area contributed by atoms with E-state index in [0.29, 0.717) is 12.2 Å². The predicted molar refractivity (Wildman–Crippen MR) is 72.8 cm³/mol. The van der Waals surface area contributed by atoms with E-state index in [-0.39, 0.29) is 12.1 Å². The Morgan fingerprint density at radius 3 is 2.67 bits per heavy atom. The SMILES string of the molecule is CNC(C)(CO)CCCOC1CCCC(OC)C1. The second kappa shape index (κ2) is 8.10. The topological polar surface area (TPSA) is 50.7 Å². The standard InChI is InChI=1S/C14H29NO3/c1-14(11-16,15-2)8-5-9-18-13-7-4-6-12(10-13)17-3/h12-13,15-16H,4-11H2,1-3H3. The third-order valence-electron chi connectivity index (χ3n) is 4.09. The third kappa shape index (κ3) is 5.22. The highest BCUT2D eigenvalue weighted by molar-refractivity contribution is 4.80. The highest BCUT2D eigenvalue weighted by Crippen LogP contribution is 2.23. The van der Waals surface area contributed by atoms with Crippen molar-refractivity contribution < 1.29 is 14.6 Å². The molecule has 108 valence electrons. The summed E-state index contributed by atoms with van der Waals surface area (Å²) in [5.74, 6) is 0. The van der Waals surface area contributed by atoms with Gasteiger partial charge in [0, 0.05) is 19.3 Å². The monoisotopic (exact) mass is 259 g/mol. The molecule has 0 bridgehead atoms. The molecule has 0 radical (unpaired) electrons. The van der Waals surface area contributed by atoms with Gasteiger partial charge in [0.2, 0.25) is 0 Å². The molecule has 0 aliphatic heterocycles. The van der Waals surface area contributed by atoms with E-state index >= 15 is 0 Å². The largest absolute Gasteiger partial charge is 0.394 e. The maximum Gasteiger partial charge on any atom is 0.0610 e. The molecule has 3 atom stereocenters. The summed E-state index contributed by atoms with van der Waals surface area (Å²) in [6, 6.07) is 0. The molecule has 18 heavy (non-hydrogen) atoms. The smallest absolute Gasteiger partial charge is 0.0610 e. The first-order valence-corrected chi connectivity index (χ1v) is 7.07. The predicted octanol–water partition coefficient (Wildman–Crippen LogP) is 1.71. The van der Waals surface area contributed by atoms with Crippen LogP contribution in [0.3, 0.4) is 0 Å². The van der Waals surface area contributed by atoms with Gasteiger partial charge in [0.1, 0.15) is 0 Å². The number of hydrogen-bond donors (Lipinski definition) is 2. The zero-order valence-electron chi connectivity index (χ0n) is 12.1. The Hall–Kier alpha value is -0.160. The van der Waals surface area contributed by atoms with Crippen LogP contribution in [0.1, 0.15) is 45.4 Å². The number of nitrogens with one attached hydrogen (secondary N) is 1. The number of aliphatic hydroxyl groups excluding tert-OH is 1. The maximum absolute atomic E-state index is 9.28. The molecule has 2 N–H and O–H groups in total. The van der Waals surface area contributed by atoms with Gasteiger partial charge in [-0.3, -0.25) is 0 Å². The molecule has 3 unspecified atom stereocenters. The quantitative estimate of drug-likeness (QED) is 0.652. The Kier molecular flexibility index (Phi) is 7.15. The van der Waals surface area contributed by atoms with Gasteiger partial charge in [-0.1, -0.05) is 0 Å². The van der Waals surface area contributed by atoms with Gasteiger partial charge in [-0.25, -0.2) is 0 Å². The molecule has 0 aromatic rings. The van der Waals surface area contributed by atoms with Crippen molar-refractivity contribution in [3.05, 3.63) is 0 Å². The van der Waals surface area contributed by atoms with Crippen molar-refractivity contribution in [1.82, 2.24) is 5.32 Å². The van der Waals surface area contributed by atoms with E-state index in [0.717, 1.165) is 32.3 Å². The number of likely N-dealkylation sites (N-methyl/N-ethyl adjacent to an activating group) is 1. The van der Waals surface area contributed by atoms with Gasteiger partial charge in [0.05, 0.1) is 18.8 Å². The van der Waals surface area contributed by atoms with Crippen molar-refractivity contribution in [2.45, 2.75) is 63.2 Å². The van der Waals surface area contributed by atoms with Crippen LogP contribution < -0.4 is 5.32 Å². The minimum atomic E-state index is -0.176.